The van der Waals surface area contributed by atoms with Crippen LogP contribution in [0.4, 0.5) is 0 Å². The first-order valence-electron chi connectivity index (χ1n) is 12.0. The molecule has 0 saturated heterocycles. The molecule has 4 rings (SSSR count). The Bertz CT molecular complexity index is 1300. The molecule has 0 saturated carbocycles. The summed E-state index contributed by atoms with van der Waals surface area (Å²) in [5.41, 5.74) is 4.15. The van der Waals surface area contributed by atoms with Crippen LogP contribution in [0.25, 0.3) is 21.6 Å². The van der Waals surface area contributed by atoms with E-state index in [1.165, 1.54) is 0 Å². The zero-order valence-corrected chi connectivity index (χ0v) is 22.1. The molecule has 0 fully saturated rings. The number of thiophene rings is 1. The van der Waals surface area contributed by atoms with Crippen LogP contribution in [-0.4, -0.2) is 29.4 Å². The molecular formula is C28H33NO5S. The second kappa shape index (κ2) is 9.99. The average molecular weight is 496 g/mol. The van der Waals surface area contributed by atoms with Gasteiger partial charge in [-0.25, -0.2) is 4.79 Å². The summed E-state index contributed by atoms with van der Waals surface area (Å²) >= 11 is 1.60. The number of carbonyl (C=O) groups is 1. The number of aryl methyl sites for hydroxylation is 3. The van der Waals surface area contributed by atoms with Crippen molar-refractivity contribution in [3.8, 4) is 27.3 Å². The summed E-state index contributed by atoms with van der Waals surface area (Å²) in [6, 6.07) is 9.62. The van der Waals surface area contributed by atoms with Crippen molar-refractivity contribution < 1.29 is 19.0 Å². The van der Waals surface area contributed by atoms with Gasteiger partial charge >= 0.3 is 5.97 Å². The van der Waals surface area contributed by atoms with Gasteiger partial charge in [0.1, 0.15) is 5.75 Å². The van der Waals surface area contributed by atoms with Crippen LogP contribution in [0, 0.1) is 6.92 Å². The number of aromatic nitrogens is 1. The Morgan fingerprint density at radius 3 is 2.63 bits per heavy atom. The molecule has 3 aromatic rings. The maximum atomic E-state index is 13.2. The number of ether oxygens (including phenoxy) is 3. The maximum absolute atomic E-state index is 13.2. The van der Waals surface area contributed by atoms with Crippen molar-refractivity contribution in [2.45, 2.75) is 59.2 Å². The van der Waals surface area contributed by atoms with Gasteiger partial charge in [0, 0.05) is 45.8 Å². The van der Waals surface area contributed by atoms with E-state index in [1.807, 2.05) is 52.1 Å². The fourth-order valence-electron chi connectivity index (χ4n) is 4.40. The van der Waals surface area contributed by atoms with Gasteiger partial charge in [0.05, 0.1) is 18.8 Å². The monoisotopic (exact) mass is 495 g/mol. The third-order valence-electron chi connectivity index (χ3n) is 5.91. The average Bonchev–Trinajstić information content (AvgIpc) is 3.15. The molecule has 0 N–H and O–H groups in total. The molecule has 0 aliphatic carbocycles. The predicted molar refractivity (Wildman–Crippen MR) is 139 cm³/mol. The fraction of sp³-hybridized carbons (Fsp3) is 0.429. The molecule has 1 aliphatic heterocycles. The topological polar surface area (TPSA) is 66.8 Å². The largest absolute Gasteiger partial charge is 0.493 e. The van der Waals surface area contributed by atoms with Crippen LogP contribution in [0.5, 0.6) is 5.75 Å². The molecule has 0 bridgehead atoms. The van der Waals surface area contributed by atoms with E-state index < -0.39 is 17.7 Å². The van der Waals surface area contributed by atoms with Gasteiger partial charge in [-0.1, -0.05) is 6.07 Å². The van der Waals surface area contributed by atoms with Crippen LogP contribution in [0.1, 0.15) is 56.2 Å². The first-order chi connectivity index (χ1) is 16.6. The number of nitrogens with zero attached hydrogens (tertiary/aromatic N) is 1. The molecule has 1 unspecified atom stereocenters. The van der Waals surface area contributed by atoms with E-state index in [2.05, 4.69) is 6.07 Å². The highest BCUT2D eigenvalue weighted by molar-refractivity contribution is 7.16. The highest BCUT2D eigenvalue weighted by Gasteiger charge is 2.35. The van der Waals surface area contributed by atoms with Gasteiger partial charge in [-0.3, -0.25) is 4.79 Å². The summed E-state index contributed by atoms with van der Waals surface area (Å²) in [7, 11) is 1.74. The number of hydrogen-bond donors (Lipinski definition) is 0. The van der Waals surface area contributed by atoms with Crippen molar-refractivity contribution >= 4 is 17.3 Å². The molecule has 2 aromatic heterocycles. The molecule has 1 aromatic carbocycles. The summed E-state index contributed by atoms with van der Waals surface area (Å²) in [4.78, 5) is 27.3. The lowest BCUT2D eigenvalue weighted by molar-refractivity contribution is -0.166. The van der Waals surface area contributed by atoms with Crippen molar-refractivity contribution in [1.29, 1.82) is 0 Å². The van der Waals surface area contributed by atoms with Crippen LogP contribution >= 0.6 is 11.3 Å². The molecular weight excluding hydrogens is 462 g/mol. The Labute approximate surface area is 210 Å². The molecule has 35 heavy (non-hydrogen) atoms. The standard InChI is InChI=1S/C28H33NO5S/c1-7-32-27(31)25(34-28(3,4)5)23-17(2)35-26(20-11-13-22(30)29(6)16-20)24(23)19-10-12-21-18(15-19)9-8-14-33-21/h10-13,15-16,25H,7-9,14H2,1-6H3. The van der Waals surface area contributed by atoms with E-state index in [1.54, 1.807) is 35.9 Å². The number of esters is 1. The Morgan fingerprint density at radius 1 is 1.20 bits per heavy atom. The van der Waals surface area contributed by atoms with Gasteiger partial charge in [-0.15, -0.1) is 11.3 Å². The number of benzene rings is 1. The number of carbonyl (C=O) groups excluding carboxylic acids is 1. The van der Waals surface area contributed by atoms with Crippen molar-refractivity contribution in [3.05, 3.63) is 62.9 Å². The lowest BCUT2D eigenvalue weighted by Gasteiger charge is -2.27. The predicted octanol–water partition coefficient (Wildman–Crippen LogP) is 5.83. The maximum Gasteiger partial charge on any atom is 0.340 e. The van der Waals surface area contributed by atoms with Gasteiger partial charge in [0.25, 0.3) is 0 Å². The van der Waals surface area contributed by atoms with E-state index in [0.717, 1.165) is 62.8 Å². The minimum absolute atomic E-state index is 0.0739. The molecule has 0 spiro atoms. The minimum atomic E-state index is -0.880. The third kappa shape index (κ3) is 5.36. The Balaban J connectivity index is 1.99. The van der Waals surface area contributed by atoms with Crippen LogP contribution in [-0.2, 0) is 27.7 Å². The quantitative estimate of drug-likeness (QED) is 0.402. The van der Waals surface area contributed by atoms with Crippen LogP contribution < -0.4 is 10.3 Å². The molecule has 1 atom stereocenters. The second-order valence-electron chi connectivity index (χ2n) is 9.78. The van der Waals surface area contributed by atoms with Gasteiger partial charge < -0.3 is 18.8 Å². The zero-order chi connectivity index (χ0) is 25.3. The van der Waals surface area contributed by atoms with Crippen molar-refractivity contribution in [2.75, 3.05) is 13.2 Å². The Hall–Kier alpha value is -2.90. The summed E-state index contributed by atoms with van der Waals surface area (Å²) in [6.45, 7) is 10.6. The highest BCUT2D eigenvalue weighted by atomic mass is 32.1. The number of hydrogen-bond acceptors (Lipinski definition) is 6. The normalized spacial score (nSPS) is 14.2. The van der Waals surface area contributed by atoms with E-state index in [9.17, 15) is 9.59 Å². The number of fused-ring (bicyclic) bond motifs is 1. The van der Waals surface area contributed by atoms with Gasteiger partial charge in [-0.05, 0) is 76.8 Å². The summed E-state index contributed by atoms with van der Waals surface area (Å²) < 4.78 is 19.2. The van der Waals surface area contributed by atoms with Crippen LogP contribution in [0.3, 0.4) is 0 Å². The van der Waals surface area contributed by atoms with E-state index in [0.29, 0.717) is 0 Å². The minimum Gasteiger partial charge on any atom is -0.493 e. The molecule has 0 amide bonds. The van der Waals surface area contributed by atoms with Gasteiger partial charge in [-0.2, -0.15) is 0 Å². The van der Waals surface area contributed by atoms with Gasteiger partial charge in [0.2, 0.25) is 5.56 Å². The molecule has 7 heteroatoms. The fourth-order valence-corrected chi connectivity index (χ4v) is 5.60. The van der Waals surface area contributed by atoms with Crippen molar-refractivity contribution in [2.24, 2.45) is 7.05 Å². The summed E-state index contributed by atoms with van der Waals surface area (Å²) in [5.74, 6) is 0.503. The zero-order valence-electron chi connectivity index (χ0n) is 21.3. The SMILES string of the molecule is CCOC(=O)C(OC(C)(C)C)c1c(C)sc(-c2ccc(=O)n(C)c2)c1-c1ccc2c(c1)CCCO2. The number of rotatable bonds is 6. The molecule has 6 nitrogen and oxygen atoms in total. The third-order valence-corrected chi connectivity index (χ3v) is 7.08. The summed E-state index contributed by atoms with van der Waals surface area (Å²) in [6.07, 6.45) is 2.87. The highest BCUT2D eigenvalue weighted by Crippen LogP contribution is 2.48. The van der Waals surface area contributed by atoms with Crippen LogP contribution in [0.2, 0.25) is 0 Å². The van der Waals surface area contributed by atoms with Gasteiger partial charge in [0.15, 0.2) is 6.10 Å². The van der Waals surface area contributed by atoms with Crippen LogP contribution in [0.15, 0.2) is 41.3 Å². The van der Waals surface area contributed by atoms with Crippen molar-refractivity contribution in [1.82, 2.24) is 4.57 Å². The lowest BCUT2D eigenvalue weighted by Crippen LogP contribution is -2.29. The molecule has 3 heterocycles. The first-order valence-corrected chi connectivity index (χ1v) is 12.8. The molecule has 0 radical (unpaired) electrons. The Kier molecular flexibility index (Phi) is 7.20. The van der Waals surface area contributed by atoms with E-state index in [-0.39, 0.29) is 12.2 Å². The lowest BCUT2D eigenvalue weighted by atomic mass is 9.92. The molecule has 1 aliphatic rings. The first kappa shape index (κ1) is 25.2. The Morgan fingerprint density at radius 2 is 1.94 bits per heavy atom. The van der Waals surface area contributed by atoms with Crippen molar-refractivity contribution in [3.63, 3.8) is 0 Å². The second-order valence-corrected chi connectivity index (χ2v) is 11.0. The summed E-state index contributed by atoms with van der Waals surface area (Å²) in [5, 5.41) is 0. The molecule has 186 valence electrons. The smallest absolute Gasteiger partial charge is 0.340 e. The van der Waals surface area contributed by atoms with E-state index in [4.69, 9.17) is 14.2 Å². The van der Waals surface area contributed by atoms with E-state index >= 15 is 0 Å². The number of pyridine rings is 1.